The molecule has 0 atom stereocenters. The van der Waals surface area contributed by atoms with E-state index in [-0.39, 0.29) is 11.5 Å². The quantitative estimate of drug-likeness (QED) is 0.182. The number of hydrazine groups is 1. The number of hydrogen-bond donors (Lipinski definition) is 4. The van der Waals surface area contributed by atoms with Gasteiger partial charge in [0.15, 0.2) is 0 Å². The summed E-state index contributed by atoms with van der Waals surface area (Å²) in [4.78, 5) is 29.6. The zero-order valence-corrected chi connectivity index (χ0v) is 15.5. The van der Waals surface area contributed by atoms with Crippen molar-refractivity contribution in [3.8, 4) is 0 Å². The Hall–Kier alpha value is -4.11. The summed E-state index contributed by atoms with van der Waals surface area (Å²) in [5.74, 6) is 4.80. The van der Waals surface area contributed by atoms with Crippen molar-refractivity contribution >= 4 is 34.2 Å². The number of nitrogen functional groups attached to an aromatic ring is 1. The van der Waals surface area contributed by atoms with Crippen LogP contribution in [0.5, 0.6) is 0 Å². The summed E-state index contributed by atoms with van der Waals surface area (Å²) in [7, 11) is 0. The van der Waals surface area contributed by atoms with Gasteiger partial charge in [-0.15, -0.1) is 0 Å². The average Bonchev–Trinajstić information content (AvgIpc) is 3.21. The van der Waals surface area contributed by atoms with Gasteiger partial charge in [-0.2, -0.15) is 9.67 Å². The lowest BCUT2D eigenvalue weighted by atomic mass is 10.1. The van der Waals surface area contributed by atoms with Crippen LogP contribution in [-0.4, -0.2) is 27.0 Å². The number of aromatic nitrogens is 4. The molecule has 4 rings (SSSR count). The van der Waals surface area contributed by atoms with Gasteiger partial charge in [0.25, 0.3) is 5.91 Å². The van der Waals surface area contributed by atoms with Crippen LogP contribution in [0.2, 0.25) is 0 Å². The van der Waals surface area contributed by atoms with Gasteiger partial charge in [0.2, 0.25) is 0 Å². The Kier molecular flexibility index (Phi) is 4.71. The smallest absolute Gasteiger partial charge is 0.290 e. The predicted molar refractivity (Wildman–Crippen MR) is 106 cm³/mol. The minimum absolute atomic E-state index is 0.222. The van der Waals surface area contributed by atoms with E-state index in [9.17, 15) is 9.59 Å². The fourth-order valence-corrected chi connectivity index (χ4v) is 3.07. The van der Waals surface area contributed by atoms with Crippen molar-refractivity contribution in [2.75, 3.05) is 5.32 Å². The van der Waals surface area contributed by atoms with Gasteiger partial charge in [-0.05, 0) is 43.3 Å². The van der Waals surface area contributed by atoms with Crippen LogP contribution in [0, 0.1) is 6.92 Å². The second-order valence-electron chi connectivity index (χ2n) is 6.39. The molecule has 0 aliphatic rings. The highest BCUT2D eigenvalue weighted by Gasteiger charge is 2.28. The van der Waals surface area contributed by atoms with E-state index in [1.165, 1.54) is 10.8 Å². The van der Waals surface area contributed by atoms with Crippen LogP contribution < -0.4 is 21.2 Å². The summed E-state index contributed by atoms with van der Waals surface area (Å²) in [5.41, 5.74) is 4.86. The summed E-state index contributed by atoms with van der Waals surface area (Å²) < 4.78 is 1.43. The van der Waals surface area contributed by atoms with Gasteiger partial charge < -0.3 is 0 Å². The fraction of sp³-hybridized carbons (Fsp3) is 0.0500. The maximum absolute atomic E-state index is 13.2. The van der Waals surface area contributed by atoms with E-state index in [0.29, 0.717) is 22.8 Å². The Balaban J connectivity index is 1.87. The first-order valence-electron chi connectivity index (χ1n) is 8.80. The van der Waals surface area contributed by atoms with Crippen LogP contribution in [0.3, 0.4) is 0 Å². The predicted octanol–water partition coefficient (Wildman–Crippen LogP) is 1.59. The van der Waals surface area contributed by atoms with E-state index < -0.39 is 5.91 Å². The van der Waals surface area contributed by atoms with Crippen molar-refractivity contribution in [2.24, 2.45) is 5.84 Å². The second kappa shape index (κ2) is 7.49. The number of nitrogens with two attached hydrogens (primary N) is 1. The number of nitrogens with one attached hydrogen (secondary N) is 3. The van der Waals surface area contributed by atoms with E-state index in [0.717, 1.165) is 10.9 Å². The van der Waals surface area contributed by atoms with Gasteiger partial charge in [-0.3, -0.25) is 20.3 Å². The van der Waals surface area contributed by atoms with E-state index in [2.05, 4.69) is 25.9 Å². The minimum Gasteiger partial charge on any atom is -0.290 e. The zero-order valence-electron chi connectivity index (χ0n) is 15.5. The maximum atomic E-state index is 13.2. The van der Waals surface area contributed by atoms with Gasteiger partial charge in [0, 0.05) is 23.8 Å². The number of aromatic amines is 1. The highest BCUT2D eigenvalue weighted by atomic mass is 16.2. The number of aryl methyl sites for hydroxylation is 1. The van der Waals surface area contributed by atoms with Crippen LogP contribution in [0.4, 0.5) is 11.5 Å². The summed E-state index contributed by atoms with van der Waals surface area (Å²) in [5, 5.41) is 11.0. The third-order valence-electron chi connectivity index (χ3n) is 4.51. The van der Waals surface area contributed by atoms with Gasteiger partial charge in [-0.1, -0.05) is 0 Å². The summed E-state index contributed by atoms with van der Waals surface area (Å²) in [6, 6.07) is 12.2. The maximum Gasteiger partial charge on any atom is 0.347 e. The normalized spacial score (nSPS) is 10.7. The first-order valence-corrected chi connectivity index (χ1v) is 8.80. The first kappa shape index (κ1) is 18.3. The molecule has 0 unspecified atom stereocenters. The van der Waals surface area contributed by atoms with Crippen LogP contribution in [-0.2, 0) is 0 Å². The number of pyridine rings is 2. The highest BCUT2D eigenvalue weighted by molar-refractivity contribution is 5.99. The molecule has 0 saturated carbocycles. The molecule has 0 aliphatic carbocycles. The molecule has 1 amide bonds. The molecule has 5 N–H and O–H groups in total. The molecule has 0 fully saturated rings. The number of hydrogen-bond acceptors (Lipinski definition) is 6. The average molecular weight is 388 g/mol. The molecule has 3 aromatic heterocycles. The fourth-order valence-electron chi connectivity index (χ4n) is 3.07. The lowest BCUT2D eigenvalue weighted by Gasteiger charge is -2.12. The van der Waals surface area contributed by atoms with Gasteiger partial charge >= 0.3 is 11.7 Å². The van der Waals surface area contributed by atoms with Crippen molar-refractivity contribution in [3.05, 3.63) is 77.9 Å². The van der Waals surface area contributed by atoms with E-state index in [1.807, 2.05) is 18.2 Å². The monoisotopic (exact) mass is 388 g/mol. The summed E-state index contributed by atoms with van der Waals surface area (Å²) in [6.07, 6.45) is 4.78. The first-order chi connectivity index (χ1) is 14.1. The van der Waals surface area contributed by atoms with Gasteiger partial charge in [-0.25, -0.2) is 16.0 Å². The van der Waals surface area contributed by atoms with Crippen LogP contribution in [0.25, 0.3) is 10.9 Å². The Morgan fingerprint density at radius 1 is 1.14 bits per heavy atom. The lowest BCUT2D eigenvalue weighted by molar-refractivity contribution is -0.562. The number of benzene rings is 1. The Morgan fingerprint density at radius 2 is 2.00 bits per heavy atom. The van der Waals surface area contributed by atoms with Crippen molar-refractivity contribution in [1.29, 1.82) is 0 Å². The molecule has 0 saturated heterocycles. The number of nitrogens with zero attached hydrogens (tertiary/aromatic N) is 3. The summed E-state index contributed by atoms with van der Waals surface area (Å²) in [6.45, 7) is 1.78. The zero-order chi connectivity index (χ0) is 20.4. The van der Waals surface area contributed by atoms with Crippen molar-refractivity contribution in [2.45, 2.75) is 6.92 Å². The lowest BCUT2D eigenvalue weighted by Crippen LogP contribution is -2.49. The number of fused-ring (bicyclic) bond motifs is 1. The third kappa shape index (κ3) is 3.42. The molecule has 4 aromatic rings. The number of carbonyl (C=O) groups excluding carboxylic acids is 2. The number of carbonyl (C=O) groups is 2. The van der Waals surface area contributed by atoms with Crippen LogP contribution in [0.1, 0.15) is 26.4 Å². The molecule has 29 heavy (non-hydrogen) atoms. The topological polar surface area (TPSA) is 130 Å². The van der Waals surface area contributed by atoms with E-state index >= 15 is 0 Å². The second-order valence-corrected chi connectivity index (χ2v) is 6.39. The standard InChI is InChI=1S/C20H17N7O2/c1-12-4-7-16(19(28)25-21)18(27(12)20(29)14-3-2-8-22-10-14)24-15-6-5-13-11-23-26-17(13)9-15/h2-11H,21H2,1H3,(H2,23,25,26,28)/p+1. The molecule has 3 heterocycles. The molecule has 9 nitrogen and oxygen atoms in total. The molecular formula is C20H18N7O2+. The Labute approximate surface area is 165 Å². The van der Waals surface area contributed by atoms with Crippen LogP contribution in [0.15, 0.2) is 61.1 Å². The molecule has 0 radical (unpaired) electrons. The third-order valence-corrected chi connectivity index (χ3v) is 4.51. The Bertz CT molecular complexity index is 1220. The molecular weight excluding hydrogens is 370 g/mol. The minimum atomic E-state index is -0.525. The Morgan fingerprint density at radius 3 is 2.76 bits per heavy atom. The molecule has 0 aliphatic heterocycles. The molecule has 144 valence electrons. The number of rotatable bonds is 4. The number of amides is 1. The van der Waals surface area contributed by atoms with E-state index in [1.54, 1.807) is 43.6 Å². The molecule has 0 spiro atoms. The van der Waals surface area contributed by atoms with Gasteiger partial charge in [0.1, 0.15) is 16.9 Å². The van der Waals surface area contributed by atoms with Crippen molar-refractivity contribution < 1.29 is 14.2 Å². The number of anilines is 2. The summed E-state index contributed by atoms with van der Waals surface area (Å²) >= 11 is 0. The van der Waals surface area contributed by atoms with Crippen molar-refractivity contribution in [1.82, 2.24) is 20.6 Å². The van der Waals surface area contributed by atoms with Crippen molar-refractivity contribution in [3.63, 3.8) is 0 Å². The largest absolute Gasteiger partial charge is 0.347 e. The molecule has 1 aromatic carbocycles. The molecule has 0 bridgehead atoms. The highest BCUT2D eigenvalue weighted by Crippen LogP contribution is 2.22. The van der Waals surface area contributed by atoms with Crippen LogP contribution >= 0.6 is 0 Å². The number of H-pyrrole nitrogens is 1. The SMILES string of the molecule is Cc1ccc(C(=O)NN)c(Nc2ccc3cn[nH]c3c2)[n+]1C(=O)c1cccnc1. The van der Waals surface area contributed by atoms with Gasteiger partial charge in [0.05, 0.1) is 17.3 Å². The molecule has 9 heteroatoms. The van der Waals surface area contributed by atoms with E-state index in [4.69, 9.17) is 5.84 Å².